The van der Waals surface area contributed by atoms with E-state index in [4.69, 9.17) is 4.74 Å². The van der Waals surface area contributed by atoms with Crippen molar-refractivity contribution in [3.63, 3.8) is 0 Å². The molecule has 1 fully saturated rings. The van der Waals surface area contributed by atoms with Gasteiger partial charge in [0.2, 0.25) is 0 Å². The van der Waals surface area contributed by atoms with Crippen LogP contribution in [0.1, 0.15) is 60.8 Å². The van der Waals surface area contributed by atoms with Gasteiger partial charge in [0.05, 0.1) is 5.92 Å². The Morgan fingerprint density at radius 2 is 1.56 bits per heavy atom. The molecule has 1 aliphatic rings. The van der Waals surface area contributed by atoms with Crippen LogP contribution in [-0.2, 0) is 9.53 Å². The molecular formula is C16H30O2. The molecule has 2 nitrogen and oxygen atoms in total. The van der Waals surface area contributed by atoms with Crippen LogP contribution in [0.5, 0.6) is 0 Å². The molecule has 0 bridgehead atoms. The number of carbonyl (C=O) groups is 1. The summed E-state index contributed by atoms with van der Waals surface area (Å²) in [7, 11) is 0. The van der Waals surface area contributed by atoms with Crippen LogP contribution in [0, 0.1) is 29.6 Å². The number of hydrogen-bond donors (Lipinski definition) is 0. The maximum absolute atomic E-state index is 11.1. The fourth-order valence-corrected chi connectivity index (χ4v) is 3.47. The molecule has 0 spiro atoms. The van der Waals surface area contributed by atoms with Crippen molar-refractivity contribution in [2.24, 2.45) is 29.6 Å². The minimum absolute atomic E-state index is 0.0207. The molecule has 1 heterocycles. The van der Waals surface area contributed by atoms with E-state index in [1.807, 2.05) is 6.92 Å². The van der Waals surface area contributed by atoms with E-state index in [9.17, 15) is 4.79 Å². The van der Waals surface area contributed by atoms with Gasteiger partial charge in [0.1, 0.15) is 6.10 Å². The Morgan fingerprint density at radius 1 is 1.00 bits per heavy atom. The smallest absolute Gasteiger partial charge is 0.312 e. The Balaban J connectivity index is 2.27. The number of rotatable bonds is 7. The van der Waals surface area contributed by atoms with E-state index >= 15 is 0 Å². The van der Waals surface area contributed by atoms with Crippen molar-refractivity contribution >= 4 is 5.97 Å². The summed E-state index contributed by atoms with van der Waals surface area (Å²) < 4.78 is 5.24. The topological polar surface area (TPSA) is 26.3 Å². The summed E-state index contributed by atoms with van der Waals surface area (Å²) in [6, 6.07) is 0. The molecular weight excluding hydrogens is 224 g/mol. The zero-order valence-electron chi connectivity index (χ0n) is 12.9. The Hall–Kier alpha value is -0.530. The highest BCUT2D eigenvalue weighted by atomic mass is 16.6. The Morgan fingerprint density at radius 3 is 2.00 bits per heavy atom. The molecule has 0 aromatic carbocycles. The van der Waals surface area contributed by atoms with Crippen LogP contribution in [0.15, 0.2) is 0 Å². The normalized spacial score (nSPS) is 28.5. The number of carbonyl (C=O) groups excluding carboxylic acids is 1. The first kappa shape index (κ1) is 15.5. The molecule has 1 rings (SSSR count). The second-order valence-corrected chi connectivity index (χ2v) is 6.98. The van der Waals surface area contributed by atoms with Gasteiger partial charge in [0, 0.05) is 0 Å². The van der Waals surface area contributed by atoms with Crippen LogP contribution in [-0.4, -0.2) is 12.1 Å². The SMILES string of the molecule is CC(C)C[C@H](C)C[C@H](C)C[C@H](C)[C@H]1OC(=O)[C@@H]1C. The highest BCUT2D eigenvalue weighted by Crippen LogP contribution is 2.33. The average Bonchev–Trinajstić information content (AvgIpc) is 2.23. The van der Waals surface area contributed by atoms with Crippen molar-refractivity contribution in [2.45, 2.75) is 66.9 Å². The molecule has 0 unspecified atom stereocenters. The van der Waals surface area contributed by atoms with Gasteiger partial charge in [0.15, 0.2) is 0 Å². The van der Waals surface area contributed by atoms with Crippen molar-refractivity contribution in [3.05, 3.63) is 0 Å². The van der Waals surface area contributed by atoms with E-state index in [-0.39, 0.29) is 18.0 Å². The lowest BCUT2D eigenvalue weighted by atomic mass is 9.80. The van der Waals surface area contributed by atoms with Crippen molar-refractivity contribution in [1.82, 2.24) is 0 Å². The summed E-state index contributed by atoms with van der Waals surface area (Å²) in [4.78, 5) is 11.1. The Bertz CT molecular complexity index is 272. The molecule has 0 aliphatic carbocycles. The number of ether oxygens (including phenoxy) is 1. The molecule has 5 atom stereocenters. The Labute approximate surface area is 112 Å². The van der Waals surface area contributed by atoms with Crippen molar-refractivity contribution in [2.75, 3.05) is 0 Å². The van der Waals surface area contributed by atoms with Gasteiger partial charge in [-0.25, -0.2) is 0 Å². The molecule has 0 radical (unpaired) electrons. The van der Waals surface area contributed by atoms with E-state index in [0.29, 0.717) is 5.92 Å². The van der Waals surface area contributed by atoms with Crippen molar-refractivity contribution in [1.29, 1.82) is 0 Å². The molecule has 18 heavy (non-hydrogen) atoms. The highest BCUT2D eigenvalue weighted by molar-refractivity contribution is 5.78. The van der Waals surface area contributed by atoms with E-state index in [0.717, 1.165) is 17.8 Å². The second kappa shape index (κ2) is 6.58. The number of cyclic esters (lactones) is 1. The fourth-order valence-electron chi connectivity index (χ4n) is 3.47. The van der Waals surface area contributed by atoms with Gasteiger partial charge in [0.25, 0.3) is 0 Å². The van der Waals surface area contributed by atoms with Gasteiger partial charge in [-0.3, -0.25) is 4.79 Å². The molecule has 1 aliphatic heterocycles. The molecule has 0 N–H and O–H groups in total. The van der Waals surface area contributed by atoms with E-state index in [1.54, 1.807) is 0 Å². The summed E-state index contributed by atoms with van der Waals surface area (Å²) in [5.41, 5.74) is 0. The largest absolute Gasteiger partial charge is 0.461 e. The third kappa shape index (κ3) is 4.29. The average molecular weight is 254 g/mol. The van der Waals surface area contributed by atoms with Gasteiger partial charge in [-0.15, -0.1) is 0 Å². The number of hydrogen-bond acceptors (Lipinski definition) is 2. The van der Waals surface area contributed by atoms with Crippen molar-refractivity contribution in [3.8, 4) is 0 Å². The summed E-state index contributed by atoms with van der Waals surface area (Å²) in [5.74, 6) is 2.90. The third-order valence-electron chi connectivity index (χ3n) is 4.13. The van der Waals surface area contributed by atoms with E-state index < -0.39 is 0 Å². The second-order valence-electron chi connectivity index (χ2n) is 6.98. The van der Waals surface area contributed by atoms with Crippen molar-refractivity contribution < 1.29 is 9.53 Å². The first-order valence-electron chi connectivity index (χ1n) is 7.51. The van der Waals surface area contributed by atoms with Gasteiger partial charge < -0.3 is 4.74 Å². The molecule has 0 saturated carbocycles. The van der Waals surface area contributed by atoms with Crippen LogP contribution in [0.3, 0.4) is 0 Å². The maximum Gasteiger partial charge on any atom is 0.312 e. The third-order valence-corrected chi connectivity index (χ3v) is 4.13. The monoisotopic (exact) mass is 254 g/mol. The molecule has 0 aromatic heterocycles. The summed E-state index contributed by atoms with van der Waals surface area (Å²) in [5, 5.41) is 0. The predicted molar refractivity (Wildman–Crippen MR) is 75.2 cm³/mol. The standard InChI is InChI=1S/C16H30O2/c1-10(2)7-11(3)8-12(4)9-13(5)15-14(6)16(17)18-15/h10-15H,7-9H2,1-6H3/t11-,12-,13-,14+,15+/m0/s1. The minimum atomic E-state index is -0.0207. The zero-order valence-corrected chi connectivity index (χ0v) is 12.9. The lowest BCUT2D eigenvalue weighted by molar-refractivity contribution is -0.189. The minimum Gasteiger partial charge on any atom is -0.461 e. The van der Waals surface area contributed by atoms with Gasteiger partial charge in [-0.2, -0.15) is 0 Å². The molecule has 0 aromatic rings. The van der Waals surface area contributed by atoms with Gasteiger partial charge >= 0.3 is 5.97 Å². The molecule has 2 heteroatoms. The summed E-state index contributed by atoms with van der Waals surface area (Å²) in [6.45, 7) is 13.5. The zero-order chi connectivity index (χ0) is 13.9. The highest BCUT2D eigenvalue weighted by Gasteiger charge is 2.42. The quantitative estimate of drug-likeness (QED) is 0.634. The van der Waals surface area contributed by atoms with E-state index in [2.05, 4.69) is 34.6 Å². The van der Waals surface area contributed by atoms with Crippen LogP contribution in [0.2, 0.25) is 0 Å². The Kier molecular flexibility index (Phi) is 5.68. The number of esters is 1. The predicted octanol–water partition coefficient (Wildman–Crippen LogP) is 4.28. The molecule has 0 amide bonds. The summed E-state index contributed by atoms with van der Waals surface area (Å²) in [6.07, 6.45) is 3.94. The first-order chi connectivity index (χ1) is 8.31. The maximum atomic E-state index is 11.1. The van der Waals surface area contributed by atoms with Crippen LogP contribution in [0.4, 0.5) is 0 Å². The lowest BCUT2D eigenvalue weighted by Gasteiger charge is -2.38. The molecule has 106 valence electrons. The van der Waals surface area contributed by atoms with Crippen LogP contribution < -0.4 is 0 Å². The van der Waals surface area contributed by atoms with Crippen LogP contribution in [0.25, 0.3) is 0 Å². The molecule has 1 saturated heterocycles. The van der Waals surface area contributed by atoms with Gasteiger partial charge in [-0.1, -0.05) is 34.6 Å². The summed E-state index contributed by atoms with van der Waals surface area (Å²) >= 11 is 0. The van der Waals surface area contributed by atoms with Crippen LogP contribution >= 0.6 is 0 Å². The lowest BCUT2D eigenvalue weighted by Crippen LogP contribution is -2.47. The van der Waals surface area contributed by atoms with E-state index in [1.165, 1.54) is 19.3 Å². The van der Waals surface area contributed by atoms with Gasteiger partial charge in [-0.05, 0) is 49.9 Å². The fraction of sp³-hybridized carbons (Fsp3) is 0.938. The first-order valence-corrected chi connectivity index (χ1v) is 7.51.